The Morgan fingerprint density at radius 3 is 2.53 bits per heavy atom. The Kier molecular flexibility index (Phi) is 6.40. The maximum absolute atomic E-state index is 11.9. The molecule has 1 atom stereocenters. The van der Waals surface area contributed by atoms with Gasteiger partial charge in [-0.25, -0.2) is 4.79 Å². The number of alkyl carbamates (subject to hydrolysis) is 1. The van der Waals surface area contributed by atoms with Crippen molar-refractivity contribution >= 4 is 6.09 Å². The summed E-state index contributed by atoms with van der Waals surface area (Å²) in [5.74, 6) is 0.598. The highest BCUT2D eigenvalue weighted by Crippen LogP contribution is 2.28. The molecule has 3 heteroatoms. The SMILES string of the molecule is C=CCCC(NC(=O)OC(C)(C)C)C1CCCCC1. The lowest BCUT2D eigenvalue weighted by Crippen LogP contribution is -2.43. The number of carbonyl (C=O) groups excluding carboxylic acids is 1. The molecule has 1 aliphatic rings. The fourth-order valence-corrected chi connectivity index (χ4v) is 2.72. The maximum atomic E-state index is 11.9. The third-order valence-corrected chi connectivity index (χ3v) is 3.60. The van der Waals surface area contributed by atoms with Gasteiger partial charge in [0.2, 0.25) is 0 Å². The van der Waals surface area contributed by atoms with Crippen LogP contribution in [-0.4, -0.2) is 17.7 Å². The van der Waals surface area contributed by atoms with Gasteiger partial charge in [-0.2, -0.15) is 0 Å². The number of nitrogens with one attached hydrogen (secondary N) is 1. The normalized spacial score (nSPS) is 18.7. The Bertz CT molecular complexity index is 288. The molecule has 3 nitrogen and oxygen atoms in total. The molecule has 0 bridgehead atoms. The Balaban J connectivity index is 2.52. The van der Waals surface area contributed by atoms with Gasteiger partial charge in [0.15, 0.2) is 0 Å². The van der Waals surface area contributed by atoms with Crippen LogP contribution < -0.4 is 5.32 Å². The van der Waals surface area contributed by atoms with Gasteiger partial charge >= 0.3 is 6.09 Å². The smallest absolute Gasteiger partial charge is 0.407 e. The van der Waals surface area contributed by atoms with E-state index in [1.807, 2.05) is 26.8 Å². The fraction of sp³-hybridized carbons (Fsp3) is 0.812. The number of amides is 1. The Labute approximate surface area is 117 Å². The highest BCUT2D eigenvalue weighted by atomic mass is 16.6. The van der Waals surface area contributed by atoms with Gasteiger partial charge in [0.25, 0.3) is 0 Å². The highest BCUT2D eigenvalue weighted by molar-refractivity contribution is 5.68. The summed E-state index contributed by atoms with van der Waals surface area (Å²) in [7, 11) is 0. The van der Waals surface area contributed by atoms with Crippen molar-refractivity contribution in [1.82, 2.24) is 5.32 Å². The van der Waals surface area contributed by atoms with Crippen LogP contribution in [-0.2, 0) is 4.74 Å². The molecule has 1 unspecified atom stereocenters. The van der Waals surface area contributed by atoms with Gasteiger partial charge in [0.1, 0.15) is 5.60 Å². The summed E-state index contributed by atoms with van der Waals surface area (Å²) in [5, 5.41) is 3.07. The van der Waals surface area contributed by atoms with E-state index >= 15 is 0 Å². The van der Waals surface area contributed by atoms with Gasteiger partial charge in [0, 0.05) is 6.04 Å². The van der Waals surface area contributed by atoms with E-state index in [1.54, 1.807) is 0 Å². The number of carbonyl (C=O) groups is 1. The van der Waals surface area contributed by atoms with E-state index in [-0.39, 0.29) is 12.1 Å². The number of rotatable bonds is 5. The summed E-state index contributed by atoms with van der Waals surface area (Å²) in [4.78, 5) is 11.9. The second-order valence-corrected chi connectivity index (χ2v) is 6.52. The van der Waals surface area contributed by atoms with Crippen LogP contribution in [0.5, 0.6) is 0 Å². The molecule has 110 valence electrons. The largest absolute Gasteiger partial charge is 0.444 e. The van der Waals surface area contributed by atoms with Crippen LogP contribution >= 0.6 is 0 Å². The lowest BCUT2D eigenvalue weighted by atomic mass is 9.82. The molecule has 0 spiro atoms. The first kappa shape index (κ1) is 16.1. The van der Waals surface area contributed by atoms with Gasteiger partial charge in [-0.15, -0.1) is 6.58 Å². The molecular formula is C16H29NO2. The Morgan fingerprint density at radius 2 is 2.00 bits per heavy atom. The summed E-state index contributed by atoms with van der Waals surface area (Å²) in [5.41, 5.74) is -0.431. The van der Waals surface area contributed by atoms with Gasteiger partial charge in [-0.05, 0) is 52.4 Å². The zero-order valence-corrected chi connectivity index (χ0v) is 12.7. The van der Waals surface area contributed by atoms with E-state index in [1.165, 1.54) is 32.1 Å². The van der Waals surface area contributed by atoms with E-state index in [2.05, 4.69) is 11.9 Å². The summed E-state index contributed by atoms with van der Waals surface area (Å²) in [6.07, 6.45) is 9.88. The third kappa shape index (κ3) is 6.65. The summed E-state index contributed by atoms with van der Waals surface area (Å²) in [6, 6.07) is 0.230. The van der Waals surface area contributed by atoms with E-state index < -0.39 is 5.60 Å². The second kappa shape index (κ2) is 7.56. The van der Waals surface area contributed by atoms with Crippen LogP contribution in [0.25, 0.3) is 0 Å². The number of hydrogen-bond acceptors (Lipinski definition) is 2. The van der Waals surface area contributed by atoms with Crippen molar-refractivity contribution < 1.29 is 9.53 Å². The number of allylic oxidation sites excluding steroid dienone is 1. The molecule has 0 aliphatic heterocycles. The standard InChI is InChI=1S/C16H29NO2/c1-5-6-12-14(13-10-8-7-9-11-13)17-15(18)19-16(2,3)4/h5,13-14H,1,6-12H2,2-4H3,(H,17,18). The zero-order chi connectivity index (χ0) is 14.3. The van der Waals surface area contributed by atoms with Crippen molar-refractivity contribution in [1.29, 1.82) is 0 Å². The Hall–Kier alpha value is -0.990. The maximum Gasteiger partial charge on any atom is 0.407 e. The van der Waals surface area contributed by atoms with Crippen molar-refractivity contribution in [3.05, 3.63) is 12.7 Å². The lowest BCUT2D eigenvalue weighted by molar-refractivity contribution is 0.0473. The minimum absolute atomic E-state index is 0.230. The van der Waals surface area contributed by atoms with E-state index in [4.69, 9.17) is 4.74 Å². The molecule has 0 heterocycles. The predicted molar refractivity (Wildman–Crippen MR) is 79.2 cm³/mol. The fourth-order valence-electron chi connectivity index (χ4n) is 2.72. The van der Waals surface area contributed by atoms with Crippen molar-refractivity contribution in [2.75, 3.05) is 0 Å². The van der Waals surface area contributed by atoms with Crippen LogP contribution in [0, 0.1) is 5.92 Å². The summed E-state index contributed by atoms with van der Waals surface area (Å²) >= 11 is 0. The first-order chi connectivity index (χ1) is 8.92. The van der Waals surface area contributed by atoms with Crippen molar-refractivity contribution in [2.45, 2.75) is 77.4 Å². The van der Waals surface area contributed by atoms with Gasteiger partial charge in [0.05, 0.1) is 0 Å². The molecule has 1 amide bonds. The van der Waals surface area contributed by atoms with Crippen LogP contribution in [0.2, 0.25) is 0 Å². The monoisotopic (exact) mass is 267 g/mol. The average molecular weight is 267 g/mol. The average Bonchev–Trinajstić information content (AvgIpc) is 2.33. The van der Waals surface area contributed by atoms with Gasteiger partial charge < -0.3 is 10.1 Å². The lowest BCUT2D eigenvalue weighted by Gasteiger charge is -2.31. The van der Waals surface area contributed by atoms with Crippen LogP contribution in [0.15, 0.2) is 12.7 Å². The van der Waals surface area contributed by atoms with Crippen molar-refractivity contribution in [3.8, 4) is 0 Å². The molecular weight excluding hydrogens is 238 g/mol. The van der Waals surface area contributed by atoms with Crippen LogP contribution in [0.3, 0.4) is 0 Å². The molecule has 0 aromatic heterocycles. The molecule has 1 saturated carbocycles. The Morgan fingerprint density at radius 1 is 1.37 bits per heavy atom. The highest BCUT2D eigenvalue weighted by Gasteiger charge is 2.26. The molecule has 0 aromatic rings. The molecule has 1 fully saturated rings. The molecule has 19 heavy (non-hydrogen) atoms. The molecule has 0 radical (unpaired) electrons. The van der Waals surface area contributed by atoms with Crippen LogP contribution in [0.4, 0.5) is 4.79 Å². The molecule has 1 aliphatic carbocycles. The van der Waals surface area contributed by atoms with Gasteiger partial charge in [-0.3, -0.25) is 0 Å². The minimum Gasteiger partial charge on any atom is -0.444 e. The van der Waals surface area contributed by atoms with Crippen molar-refractivity contribution in [2.24, 2.45) is 5.92 Å². The van der Waals surface area contributed by atoms with E-state index in [0.717, 1.165) is 12.8 Å². The summed E-state index contributed by atoms with van der Waals surface area (Å²) < 4.78 is 5.36. The van der Waals surface area contributed by atoms with E-state index in [0.29, 0.717) is 5.92 Å². The topological polar surface area (TPSA) is 38.3 Å². The number of ether oxygens (including phenoxy) is 1. The van der Waals surface area contributed by atoms with Crippen LogP contribution in [0.1, 0.15) is 65.7 Å². The minimum atomic E-state index is -0.431. The predicted octanol–water partition coefficient (Wildman–Crippen LogP) is 4.43. The quantitative estimate of drug-likeness (QED) is 0.748. The molecule has 1 N–H and O–H groups in total. The van der Waals surface area contributed by atoms with Gasteiger partial charge in [-0.1, -0.05) is 25.3 Å². The third-order valence-electron chi connectivity index (χ3n) is 3.60. The second-order valence-electron chi connectivity index (χ2n) is 6.52. The summed E-state index contributed by atoms with van der Waals surface area (Å²) in [6.45, 7) is 9.46. The van der Waals surface area contributed by atoms with E-state index in [9.17, 15) is 4.79 Å². The van der Waals surface area contributed by atoms with Crippen molar-refractivity contribution in [3.63, 3.8) is 0 Å². The zero-order valence-electron chi connectivity index (χ0n) is 12.7. The first-order valence-electron chi connectivity index (χ1n) is 7.53. The molecule has 0 saturated heterocycles. The molecule has 0 aromatic carbocycles. The number of hydrogen-bond donors (Lipinski definition) is 1. The first-order valence-corrected chi connectivity index (χ1v) is 7.53. The molecule has 1 rings (SSSR count).